The smallest absolute Gasteiger partial charge is 0.407 e. The summed E-state index contributed by atoms with van der Waals surface area (Å²) in [4.78, 5) is 74.0. The van der Waals surface area contributed by atoms with Crippen molar-refractivity contribution in [2.45, 2.75) is 102 Å². The standard InChI is InChI=1S/C48H58N8O6Si/c1-25(2)39(54-48(61)62-5)46(59)55-18-19-63(6,7)24-37(55)44-49-35-16-11-29-20-27(9-14-33(29)41(35)52-44)28-10-15-34-30(21-28)12-17-36-42(34)53-45(50-36)43-31-8-13-32(22-31)56(43)47(60)40(26(3)4)51-38(58)23-57/h9-12,14-17,20-21,25-26,31-32,37,39-40,43,57H,8,13,18-19,22-24H2,1-7H3,(H,49,52)(H,50,53)(H,51,58)(H,54,61)/t31?,32?,37?,39?,40?,43-/m0/s1. The number of aliphatic hydroxyl groups is 1. The highest BCUT2D eigenvalue weighted by Gasteiger charge is 2.51. The van der Waals surface area contributed by atoms with Gasteiger partial charge in [0.05, 0.1) is 49.3 Å². The molecular weight excluding hydrogens is 813 g/mol. The highest BCUT2D eigenvalue weighted by atomic mass is 28.3. The van der Waals surface area contributed by atoms with Gasteiger partial charge in [-0.1, -0.05) is 77.2 Å². The normalized spacial score (nSPS) is 21.8. The first kappa shape index (κ1) is 42.5. The Morgan fingerprint density at radius 3 is 1.98 bits per heavy atom. The third-order valence-corrected chi connectivity index (χ3v) is 17.0. The number of nitrogens with one attached hydrogen (secondary N) is 4. The molecular formula is C48H58N8O6Si. The summed E-state index contributed by atoms with van der Waals surface area (Å²) in [5.41, 5.74) is 5.70. The number of hydrogen-bond acceptors (Lipinski definition) is 8. The van der Waals surface area contributed by atoms with Gasteiger partial charge in [0, 0.05) is 23.4 Å². The molecule has 2 bridgehead atoms. The van der Waals surface area contributed by atoms with Gasteiger partial charge in [-0.25, -0.2) is 14.8 Å². The van der Waals surface area contributed by atoms with Gasteiger partial charge in [0.2, 0.25) is 17.7 Å². The second-order valence-corrected chi connectivity index (χ2v) is 24.7. The fraction of sp³-hybridized carbons (Fsp3) is 0.458. The van der Waals surface area contributed by atoms with E-state index in [1.807, 2.05) is 49.6 Å². The van der Waals surface area contributed by atoms with Crippen LogP contribution in [-0.2, 0) is 19.1 Å². The summed E-state index contributed by atoms with van der Waals surface area (Å²) in [6, 6.07) is 21.3. The van der Waals surface area contributed by atoms with E-state index in [2.05, 4.69) is 82.2 Å². The van der Waals surface area contributed by atoms with E-state index in [0.717, 1.165) is 97.7 Å². The number of likely N-dealkylation sites (tertiary alicyclic amines) is 1. The first-order chi connectivity index (χ1) is 30.1. The average molecular weight is 871 g/mol. The van der Waals surface area contributed by atoms with E-state index >= 15 is 0 Å². The van der Waals surface area contributed by atoms with Gasteiger partial charge in [-0.2, -0.15) is 0 Å². The fourth-order valence-electron chi connectivity index (χ4n) is 10.6. The van der Waals surface area contributed by atoms with Crippen molar-refractivity contribution in [3.8, 4) is 11.1 Å². The molecule has 14 nitrogen and oxygen atoms in total. The Kier molecular flexibility index (Phi) is 11.1. The molecule has 330 valence electrons. The van der Waals surface area contributed by atoms with Gasteiger partial charge in [0.25, 0.3) is 0 Å². The summed E-state index contributed by atoms with van der Waals surface area (Å²) < 4.78 is 4.86. The summed E-state index contributed by atoms with van der Waals surface area (Å²) in [6.07, 6.45) is 2.24. The molecule has 5 unspecified atom stereocenters. The molecule has 2 saturated heterocycles. The monoisotopic (exact) mass is 870 g/mol. The van der Waals surface area contributed by atoms with E-state index in [4.69, 9.17) is 14.7 Å². The van der Waals surface area contributed by atoms with Crippen molar-refractivity contribution in [2.24, 2.45) is 17.8 Å². The lowest BCUT2D eigenvalue weighted by molar-refractivity contribution is -0.142. The van der Waals surface area contributed by atoms with Gasteiger partial charge in [-0.15, -0.1) is 0 Å². The number of carbonyl (C=O) groups excluding carboxylic acids is 4. The fourth-order valence-corrected chi connectivity index (χ4v) is 13.1. The van der Waals surface area contributed by atoms with Crippen molar-refractivity contribution in [1.29, 1.82) is 0 Å². The number of ether oxygens (including phenoxy) is 1. The van der Waals surface area contributed by atoms with Crippen LogP contribution in [0.2, 0.25) is 25.2 Å². The number of carbonyl (C=O) groups is 4. The van der Waals surface area contributed by atoms with E-state index in [1.54, 1.807) is 0 Å². The van der Waals surface area contributed by atoms with E-state index in [0.29, 0.717) is 6.54 Å². The number of H-pyrrole nitrogens is 2. The Hall–Kier alpha value is -5.80. The molecule has 2 aliphatic heterocycles. The average Bonchev–Trinajstić information content (AvgIpc) is 4.09. The van der Waals surface area contributed by atoms with E-state index in [-0.39, 0.29) is 47.7 Å². The number of nitrogens with zero attached hydrogens (tertiary/aromatic N) is 4. The molecule has 6 aromatic rings. The van der Waals surface area contributed by atoms with Crippen molar-refractivity contribution < 1.29 is 29.0 Å². The van der Waals surface area contributed by atoms with Crippen molar-refractivity contribution in [1.82, 2.24) is 40.4 Å². The van der Waals surface area contributed by atoms with Crippen LogP contribution >= 0.6 is 0 Å². The lowest BCUT2D eigenvalue weighted by atomic mass is 9.95. The molecule has 1 saturated carbocycles. The molecule has 0 radical (unpaired) electrons. The Balaban J connectivity index is 1.00. The first-order valence-electron chi connectivity index (χ1n) is 22.4. The SMILES string of the molecule is COC(=O)NC(C(=O)N1CC[Si](C)(C)CC1c1nc2ccc3cc(-c4ccc5c(ccc6nc([C@@H]7C8CCC(C8)N7C(=O)C(NC(=O)CO)C(C)C)[nH]c65)c4)ccc3c2[nH]1)C(C)C. The molecule has 3 fully saturated rings. The zero-order valence-electron chi connectivity index (χ0n) is 37.1. The number of alkyl carbamates (subject to hydrolysis) is 1. The van der Waals surface area contributed by atoms with Crippen molar-refractivity contribution in [3.63, 3.8) is 0 Å². The van der Waals surface area contributed by atoms with Gasteiger partial charge >= 0.3 is 6.09 Å². The largest absolute Gasteiger partial charge is 0.453 e. The number of piperidine rings is 1. The van der Waals surface area contributed by atoms with Crippen molar-refractivity contribution in [2.75, 3.05) is 20.3 Å². The van der Waals surface area contributed by atoms with Gasteiger partial charge in [0.15, 0.2) is 0 Å². The zero-order chi connectivity index (χ0) is 44.5. The number of aromatic nitrogens is 4. The van der Waals surface area contributed by atoms with Crippen molar-refractivity contribution >= 4 is 75.5 Å². The van der Waals surface area contributed by atoms with Gasteiger partial charge in [-0.3, -0.25) is 14.4 Å². The number of benzene rings is 4. The van der Waals surface area contributed by atoms with E-state index in [1.165, 1.54) is 7.11 Å². The number of imidazole rings is 2. The second kappa shape index (κ2) is 16.4. The summed E-state index contributed by atoms with van der Waals surface area (Å²) in [5, 5.41) is 19.2. The molecule has 4 amide bonds. The van der Waals surface area contributed by atoms with Crippen LogP contribution in [0.25, 0.3) is 54.7 Å². The summed E-state index contributed by atoms with van der Waals surface area (Å²) in [7, 11) is -0.331. The van der Waals surface area contributed by atoms with Crippen LogP contribution in [0.5, 0.6) is 0 Å². The summed E-state index contributed by atoms with van der Waals surface area (Å²) in [6.45, 7) is 12.4. The van der Waals surface area contributed by atoms with Crippen LogP contribution in [0.3, 0.4) is 0 Å². The summed E-state index contributed by atoms with van der Waals surface area (Å²) >= 11 is 0. The number of aromatic amines is 2. The predicted octanol–water partition coefficient (Wildman–Crippen LogP) is 7.57. The molecule has 5 N–H and O–H groups in total. The molecule has 15 heteroatoms. The molecule has 63 heavy (non-hydrogen) atoms. The maximum absolute atomic E-state index is 14.1. The molecule has 4 heterocycles. The van der Waals surface area contributed by atoms with E-state index in [9.17, 15) is 24.3 Å². The van der Waals surface area contributed by atoms with Crippen LogP contribution in [0.1, 0.15) is 70.7 Å². The Morgan fingerprint density at radius 2 is 1.40 bits per heavy atom. The number of fused-ring (bicyclic) bond motifs is 8. The zero-order valence-corrected chi connectivity index (χ0v) is 38.1. The second-order valence-electron chi connectivity index (χ2n) is 19.4. The van der Waals surface area contributed by atoms with Gasteiger partial charge < -0.3 is 40.2 Å². The lowest BCUT2D eigenvalue weighted by Gasteiger charge is -2.43. The molecule has 9 rings (SSSR count). The summed E-state index contributed by atoms with van der Waals surface area (Å²) in [5.74, 6) is 0.754. The molecule has 4 aromatic carbocycles. The molecule has 3 aliphatic rings. The molecule has 1 aliphatic carbocycles. The minimum absolute atomic E-state index is 0.0911. The predicted molar refractivity (Wildman–Crippen MR) is 246 cm³/mol. The van der Waals surface area contributed by atoms with Crippen LogP contribution in [0.15, 0.2) is 60.7 Å². The molecule has 0 spiro atoms. The topological polar surface area (TPSA) is 186 Å². The Labute approximate surface area is 367 Å². The molecule has 2 aromatic heterocycles. The maximum Gasteiger partial charge on any atom is 0.407 e. The van der Waals surface area contributed by atoms with Crippen LogP contribution < -0.4 is 10.6 Å². The highest BCUT2D eigenvalue weighted by Crippen LogP contribution is 2.50. The minimum atomic E-state index is -1.64. The number of rotatable bonds is 10. The van der Waals surface area contributed by atoms with Crippen LogP contribution in [-0.4, -0.2) is 105 Å². The first-order valence-corrected chi connectivity index (χ1v) is 25.8. The quantitative estimate of drug-likeness (QED) is 0.0873. The highest BCUT2D eigenvalue weighted by molar-refractivity contribution is 6.77. The maximum atomic E-state index is 14.1. The third-order valence-electron chi connectivity index (χ3n) is 14.0. The Bertz CT molecular complexity index is 2780. The van der Waals surface area contributed by atoms with Crippen LogP contribution in [0.4, 0.5) is 4.79 Å². The Morgan fingerprint density at radius 1 is 0.810 bits per heavy atom. The third kappa shape index (κ3) is 7.72. The minimum Gasteiger partial charge on any atom is -0.453 e. The number of amides is 4. The van der Waals surface area contributed by atoms with Gasteiger partial charge in [0.1, 0.15) is 30.3 Å². The van der Waals surface area contributed by atoms with E-state index < -0.39 is 38.8 Å². The van der Waals surface area contributed by atoms with Gasteiger partial charge in [-0.05, 0) is 95.3 Å². The lowest BCUT2D eigenvalue weighted by Crippen LogP contribution is -2.55. The van der Waals surface area contributed by atoms with Crippen LogP contribution in [0, 0.1) is 17.8 Å². The number of methoxy groups -OCH3 is 1. The van der Waals surface area contributed by atoms with Crippen molar-refractivity contribution in [3.05, 3.63) is 72.3 Å². The number of aliphatic hydroxyl groups excluding tert-OH is 1. The number of hydrogen-bond donors (Lipinski definition) is 5. The molecule has 6 atom stereocenters.